The summed E-state index contributed by atoms with van der Waals surface area (Å²) in [4.78, 5) is 13.8. The van der Waals surface area contributed by atoms with Crippen molar-refractivity contribution in [3.05, 3.63) is 23.8 Å². The van der Waals surface area contributed by atoms with E-state index >= 15 is 0 Å². The fourth-order valence-corrected chi connectivity index (χ4v) is 1.68. The third-order valence-corrected chi connectivity index (χ3v) is 2.85. The highest BCUT2D eigenvalue weighted by Crippen LogP contribution is 2.29. The van der Waals surface area contributed by atoms with Gasteiger partial charge in [0, 0.05) is 13.1 Å². The molecule has 0 aliphatic carbocycles. The summed E-state index contributed by atoms with van der Waals surface area (Å²) in [6.07, 6.45) is 0. The molecule has 1 atom stereocenters. The topological polar surface area (TPSA) is 86.8 Å². The zero-order chi connectivity index (χ0) is 13.7. The number of hydrogen-bond donors (Lipinski definition) is 3. The maximum atomic E-state index is 12.2. The number of benzene rings is 1. The Bertz CT molecular complexity index is 421. The smallest absolute Gasteiger partial charge is 0.257 e. The first-order valence-corrected chi connectivity index (χ1v) is 6.01. The first-order chi connectivity index (χ1) is 8.51. The number of para-hydroxylation sites is 1. The summed E-state index contributed by atoms with van der Waals surface area (Å²) in [7, 11) is 0. The Morgan fingerprint density at radius 1 is 1.44 bits per heavy atom. The fraction of sp³-hybridized carbons (Fsp3) is 0.462. The second-order valence-electron chi connectivity index (χ2n) is 4.36. The van der Waals surface area contributed by atoms with Gasteiger partial charge in [-0.3, -0.25) is 4.79 Å². The highest BCUT2D eigenvalue weighted by molar-refractivity contribution is 5.97. The highest BCUT2D eigenvalue weighted by Gasteiger charge is 2.20. The van der Waals surface area contributed by atoms with Gasteiger partial charge in [0.1, 0.15) is 0 Å². The Kier molecular flexibility index (Phi) is 4.97. The van der Waals surface area contributed by atoms with Gasteiger partial charge in [-0.1, -0.05) is 13.0 Å². The van der Waals surface area contributed by atoms with Gasteiger partial charge in [0.15, 0.2) is 11.5 Å². The second kappa shape index (κ2) is 6.26. The number of carbonyl (C=O) groups is 1. The van der Waals surface area contributed by atoms with Crippen LogP contribution in [0.2, 0.25) is 0 Å². The molecule has 1 unspecified atom stereocenters. The molecular weight excluding hydrogens is 232 g/mol. The minimum absolute atomic E-state index is 0.112. The number of nitrogens with zero attached hydrogens (tertiary/aromatic N) is 1. The first-order valence-electron chi connectivity index (χ1n) is 6.01. The van der Waals surface area contributed by atoms with Crippen LogP contribution in [0.5, 0.6) is 11.5 Å². The van der Waals surface area contributed by atoms with Crippen LogP contribution >= 0.6 is 0 Å². The van der Waals surface area contributed by atoms with E-state index in [2.05, 4.69) is 0 Å². The molecule has 5 heteroatoms. The van der Waals surface area contributed by atoms with E-state index in [9.17, 15) is 15.0 Å². The molecule has 0 radical (unpaired) electrons. The van der Waals surface area contributed by atoms with Gasteiger partial charge < -0.3 is 20.8 Å². The summed E-state index contributed by atoms with van der Waals surface area (Å²) in [6.45, 7) is 5.37. The average molecular weight is 252 g/mol. The van der Waals surface area contributed by atoms with E-state index in [0.29, 0.717) is 19.6 Å². The SMILES string of the molecule is CCN(CC(C)CN)C(=O)c1cccc(O)c1O. The predicted octanol–water partition coefficient (Wildman–Crippen LogP) is 1.15. The first kappa shape index (κ1) is 14.3. The number of nitrogens with two attached hydrogens (primary N) is 1. The minimum atomic E-state index is -0.374. The highest BCUT2D eigenvalue weighted by atomic mass is 16.3. The molecule has 0 aromatic heterocycles. The summed E-state index contributed by atoms with van der Waals surface area (Å²) in [6, 6.07) is 4.36. The van der Waals surface area contributed by atoms with Crippen molar-refractivity contribution in [1.29, 1.82) is 0 Å². The van der Waals surface area contributed by atoms with Gasteiger partial charge in [0.2, 0.25) is 0 Å². The van der Waals surface area contributed by atoms with Gasteiger partial charge in [-0.05, 0) is 31.5 Å². The average Bonchev–Trinajstić information content (AvgIpc) is 2.38. The van der Waals surface area contributed by atoms with Crippen molar-refractivity contribution in [2.24, 2.45) is 11.7 Å². The molecule has 5 nitrogen and oxygen atoms in total. The predicted molar refractivity (Wildman–Crippen MR) is 69.6 cm³/mol. The van der Waals surface area contributed by atoms with E-state index < -0.39 is 0 Å². The second-order valence-corrected chi connectivity index (χ2v) is 4.36. The third kappa shape index (κ3) is 3.13. The van der Waals surface area contributed by atoms with Crippen molar-refractivity contribution in [3.63, 3.8) is 0 Å². The van der Waals surface area contributed by atoms with Gasteiger partial charge in [-0.2, -0.15) is 0 Å². The molecule has 0 heterocycles. The molecule has 100 valence electrons. The van der Waals surface area contributed by atoms with Gasteiger partial charge >= 0.3 is 0 Å². The number of phenolic OH excluding ortho intramolecular Hbond substituents is 2. The van der Waals surface area contributed by atoms with Crippen LogP contribution in [0.3, 0.4) is 0 Å². The van der Waals surface area contributed by atoms with Crippen molar-refractivity contribution in [2.45, 2.75) is 13.8 Å². The maximum Gasteiger partial charge on any atom is 0.257 e. The third-order valence-electron chi connectivity index (χ3n) is 2.85. The van der Waals surface area contributed by atoms with Gasteiger partial charge in [0.05, 0.1) is 5.56 Å². The van der Waals surface area contributed by atoms with Gasteiger partial charge in [-0.15, -0.1) is 0 Å². The molecule has 0 aliphatic rings. The summed E-state index contributed by atoms with van der Waals surface area (Å²) in [5.74, 6) is -0.773. The normalized spacial score (nSPS) is 12.2. The van der Waals surface area contributed by atoms with Crippen LogP contribution in [0.1, 0.15) is 24.2 Å². The Balaban J connectivity index is 2.93. The molecule has 0 bridgehead atoms. The lowest BCUT2D eigenvalue weighted by molar-refractivity contribution is 0.0740. The van der Waals surface area contributed by atoms with Crippen LogP contribution in [0.4, 0.5) is 0 Å². The molecule has 0 saturated carbocycles. The van der Waals surface area contributed by atoms with Gasteiger partial charge in [0.25, 0.3) is 5.91 Å². The van der Waals surface area contributed by atoms with Crippen LogP contribution in [-0.2, 0) is 0 Å². The quantitative estimate of drug-likeness (QED) is 0.686. The van der Waals surface area contributed by atoms with E-state index in [-0.39, 0.29) is 28.9 Å². The summed E-state index contributed by atoms with van der Waals surface area (Å²) < 4.78 is 0. The number of hydrogen-bond acceptors (Lipinski definition) is 4. The van der Waals surface area contributed by atoms with Crippen LogP contribution in [0, 0.1) is 5.92 Å². The molecule has 0 aliphatic heterocycles. The monoisotopic (exact) mass is 252 g/mol. The van der Waals surface area contributed by atoms with E-state index in [1.807, 2.05) is 13.8 Å². The summed E-state index contributed by atoms with van der Waals surface area (Å²) in [5.41, 5.74) is 5.65. The van der Waals surface area contributed by atoms with E-state index in [4.69, 9.17) is 5.73 Å². The molecule has 0 fully saturated rings. The van der Waals surface area contributed by atoms with Crippen LogP contribution in [0.25, 0.3) is 0 Å². The summed E-state index contributed by atoms with van der Waals surface area (Å²) >= 11 is 0. The van der Waals surface area contributed by atoms with Crippen LogP contribution < -0.4 is 5.73 Å². The Morgan fingerprint density at radius 2 is 2.11 bits per heavy atom. The number of amides is 1. The van der Waals surface area contributed by atoms with E-state index in [1.54, 1.807) is 4.90 Å². The van der Waals surface area contributed by atoms with Crippen LogP contribution in [-0.4, -0.2) is 40.7 Å². The number of aromatic hydroxyl groups is 2. The largest absolute Gasteiger partial charge is 0.504 e. The number of rotatable bonds is 5. The molecule has 1 amide bonds. The lowest BCUT2D eigenvalue weighted by atomic mass is 10.1. The maximum absolute atomic E-state index is 12.2. The number of carbonyl (C=O) groups excluding carboxylic acids is 1. The molecular formula is C13H20N2O3. The standard InChI is InChI=1S/C13H20N2O3/c1-3-15(8-9(2)7-14)13(18)10-5-4-6-11(16)12(10)17/h4-6,9,16-17H,3,7-8,14H2,1-2H3. The molecule has 4 N–H and O–H groups in total. The Morgan fingerprint density at radius 3 is 2.67 bits per heavy atom. The zero-order valence-electron chi connectivity index (χ0n) is 10.8. The van der Waals surface area contributed by atoms with Gasteiger partial charge in [-0.25, -0.2) is 0 Å². The zero-order valence-corrected chi connectivity index (χ0v) is 10.8. The molecule has 1 rings (SSSR count). The number of phenols is 2. The molecule has 1 aromatic rings. The van der Waals surface area contributed by atoms with Crippen molar-refractivity contribution in [2.75, 3.05) is 19.6 Å². The Labute approximate surface area is 107 Å². The fourth-order valence-electron chi connectivity index (χ4n) is 1.68. The Hall–Kier alpha value is -1.75. The van der Waals surface area contributed by atoms with E-state index in [0.717, 1.165) is 0 Å². The van der Waals surface area contributed by atoms with Crippen molar-refractivity contribution < 1.29 is 15.0 Å². The minimum Gasteiger partial charge on any atom is -0.504 e. The van der Waals surface area contributed by atoms with Crippen molar-refractivity contribution in [1.82, 2.24) is 4.90 Å². The lowest BCUT2D eigenvalue weighted by Crippen LogP contribution is -2.36. The molecule has 0 spiro atoms. The molecule has 18 heavy (non-hydrogen) atoms. The van der Waals surface area contributed by atoms with Crippen molar-refractivity contribution in [3.8, 4) is 11.5 Å². The molecule has 1 aromatic carbocycles. The van der Waals surface area contributed by atoms with Crippen LogP contribution in [0.15, 0.2) is 18.2 Å². The molecule has 0 saturated heterocycles. The lowest BCUT2D eigenvalue weighted by Gasteiger charge is -2.24. The van der Waals surface area contributed by atoms with Crippen molar-refractivity contribution >= 4 is 5.91 Å². The summed E-state index contributed by atoms with van der Waals surface area (Å²) in [5, 5.41) is 19.1. The van der Waals surface area contributed by atoms with E-state index in [1.165, 1.54) is 18.2 Å².